The van der Waals surface area contributed by atoms with Crippen LogP contribution in [-0.2, 0) is 12.5 Å². The van der Waals surface area contributed by atoms with Gasteiger partial charge in [-0.15, -0.1) is 11.6 Å². The van der Waals surface area contributed by atoms with Crippen molar-refractivity contribution < 1.29 is 4.74 Å². The number of halogens is 3. The van der Waals surface area contributed by atoms with Gasteiger partial charge in [0.25, 0.3) is 0 Å². The van der Waals surface area contributed by atoms with Gasteiger partial charge in [0.1, 0.15) is 12.4 Å². The summed E-state index contributed by atoms with van der Waals surface area (Å²) in [6.07, 6.45) is 0. The van der Waals surface area contributed by atoms with Crippen LogP contribution < -0.4 is 4.74 Å². The van der Waals surface area contributed by atoms with E-state index in [1.807, 2.05) is 18.2 Å². The topological polar surface area (TPSA) is 9.23 Å². The molecule has 0 aliphatic carbocycles. The minimum atomic E-state index is 0.446. The maximum absolute atomic E-state index is 5.90. The van der Waals surface area contributed by atoms with Crippen LogP contribution in [-0.4, -0.2) is 0 Å². The first kappa shape index (κ1) is 14.2. The van der Waals surface area contributed by atoms with Gasteiger partial charge in [-0.3, -0.25) is 0 Å². The maximum Gasteiger partial charge on any atom is 0.124 e. The van der Waals surface area contributed by atoms with Crippen LogP contribution in [0.5, 0.6) is 5.75 Å². The smallest absolute Gasteiger partial charge is 0.124 e. The van der Waals surface area contributed by atoms with Crippen molar-refractivity contribution in [1.29, 1.82) is 0 Å². The molecule has 0 saturated carbocycles. The molecule has 94 valence electrons. The molecule has 0 aromatic heterocycles. The Bertz CT molecular complexity index is 528. The normalized spacial score (nSPS) is 10.4. The van der Waals surface area contributed by atoms with Crippen molar-refractivity contribution in [1.82, 2.24) is 0 Å². The van der Waals surface area contributed by atoms with Gasteiger partial charge in [-0.1, -0.05) is 28.1 Å². The number of ether oxygens (including phenoxy) is 1. The summed E-state index contributed by atoms with van der Waals surface area (Å²) in [5.41, 5.74) is 2.15. The van der Waals surface area contributed by atoms with E-state index >= 15 is 0 Å². The van der Waals surface area contributed by atoms with Crippen molar-refractivity contribution in [2.45, 2.75) is 12.5 Å². The molecule has 0 radical (unpaired) electrons. The third kappa shape index (κ3) is 3.87. The molecule has 0 spiro atoms. The Morgan fingerprint density at radius 2 is 1.83 bits per heavy atom. The van der Waals surface area contributed by atoms with Gasteiger partial charge in [0, 0.05) is 13.6 Å². The summed E-state index contributed by atoms with van der Waals surface area (Å²) < 4.78 is 8.04. The predicted molar refractivity (Wildman–Crippen MR) is 87.2 cm³/mol. The SMILES string of the molecule is ClCc1cc(Br)ccc1OCc1ccc(I)cc1. The first-order valence-electron chi connectivity index (χ1n) is 5.40. The lowest BCUT2D eigenvalue weighted by Crippen LogP contribution is -1.98. The molecule has 2 aromatic rings. The van der Waals surface area contributed by atoms with Crippen LogP contribution in [0.3, 0.4) is 0 Å². The molecule has 0 aliphatic rings. The van der Waals surface area contributed by atoms with E-state index in [-0.39, 0.29) is 0 Å². The zero-order valence-corrected chi connectivity index (χ0v) is 14.0. The molecule has 0 fully saturated rings. The van der Waals surface area contributed by atoms with Crippen molar-refractivity contribution in [2.75, 3.05) is 0 Å². The van der Waals surface area contributed by atoms with Crippen molar-refractivity contribution in [3.05, 3.63) is 61.6 Å². The third-order valence-corrected chi connectivity index (χ3v) is 3.97. The molecule has 18 heavy (non-hydrogen) atoms. The largest absolute Gasteiger partial charge is 0.489 e. The van der Waals surface area contributed by atoms with Gasteiger partial charge in [0.05, 0.1) is 5.88 Å². The maximum atomic E-state index is 5.90. The van der Waals surface area contributed by atoms with E-state index in [0.717, 1.165) is 21.3 Å². The molecule has 0 atom stereocenters. The predicted octanol–water partition coefficient (Wildman–Crippen LogP) is 5.37. The van der Waals surface area contributed by atoms with Crippen molar-refractivity contribution in [3.63, 3.8) is 0 Å². The van der Waals surface area contributed by atoms with Crippen LogP contribution in [0.1, 0.15) is 11.1 Å². The minimum absolute atomic E-state index is 0.446. The molecule has 1 nitrogen and oxygen atoms in total. The number of hydrogen-bond donors (Lipinski definition) is 0. The molecule has 0 aliphatic heterocycles. The van der Waals surface area contributed by atoms with Crippen LogP contribution in [0, 0.1) is 3.57 Å². The number of hydrogen-bond acceptors (Lipinski definition) is 1. The van der Waals surface area contributed by atoms with Crippen LogP contribution in [0.25, 0.3) is 0 Å². The Kier molecular flexibility index (Phi) is 5.33. The molecule has 0 heterocycles. The van der Waals surface area contributed by atoms with Gasteiger partial charge in [-0.25, -0.2) is 0 Å². The van der Waals surface area contributed by atoms with Gasteiger partial charge in [-0.05, 0) is 58.5 Å². The molecule has 0 N–H and O–H groups in total. The summed E-state index contributed by atoms with van der Waals surface area (Å²) in [5, 5.41) is 0. The second-order valence-electron chi connectivity index (χ2n) is 3.80. The quantitative estimate of drug-likeness (QED) is 0.462. The van der Waals surface area contributed by atoms with Crippen LogP contribution >= 0.6 is 50.1 Å². The van der Waals surface area contributed by atoms with Crippen molar-refractivity contribution in [2.24, 2.45) is 0 Å². The molecule has 0 amide bonds. The first-order valence-corrected chi connectivity index (χ1v) is 7.81. The van der Waals surface area contributed by atoms with Gasteiger partial charge in [0.2, 0.25) is 0 Å². The molecule has 0 saturated heterocycles. The summed E-state index contributed by atoms with van der Waals surface area (Å²) in [7, 11) is 0. The summed E-state index contributed by atoms with van der Waals surface area (Å²) in [5.74, 6) is 1.29. The summed E-state index contributed by atoms with van der Waals surface area (Å²) in [6, 6.07) is 14.2. The van der Waals surface area contributed by atoms with E-state index < -0.39 is 0 Å². The molecule has 2 rings (SSSR count). The highest BCUT2D eigenvalue weighted by atomic mass is 127. The Morgan fingerprint density at radius 3 is 2.50 bits per heavy atom. The van der Waals surface area contributed by atoms with Crippen molar-refractivity contribution >= 4 is 50.1 Å². The van der Waals surface area contributed by atoms with Crippen LogP contribution in [0.4, 0.5) is 0 Å². The molecule has 0 unspecified atom stereocenters. The third-order valence-electron chi connectivity index (χ3n) is 2.47. The molecular formula is C14H11BrClIO. The fourth-order valence-corrected chi connectivity index (χ4v) is 2.51. The fourth-order valence-electron chi connectivity index (χ4n) is 1.53. The second-order valence-corrected chi connectivity index (χ2v) is 6.23. The van der Waals surface area contributed by atoms with E-state index in [4.69, 9.17) is 16.3 Å². The zero-order valence-electron chi connectivity index (χ0n) is 9.50. The Morgan fingerprint density at radius 1 is 1.11 bits per heavy atom. The minimum Gasteiger partial charge on any atom is -0.489 e. The second kappa shape index (κ2) is 6.78. The van der Waals surface area contributed by atoms with Gasteiger partial charge in [-0.2, -0.15) is 0 Å². The van der Waals surface area contributed by atoms with Gasteiger partial charge in [0.15, 0.2) is 0 Å². The van der Waals surface area contributed by atoms with E-state index in [1.165, 1.54) is 3.57 Å². The van der Waals surface area contributed by atoms with E-state index in [9.17, 15) is 0 Å². The Labute approximate surface area is 134 Å². The van der Waals surface area contributed by atoms with E-state index in [2.05, 4.69) is 62.8 Å². The molecule has 0 bridgehead atoms. The van der Waals surface area contributed by atoms with Gasteiger partial charge >= 0.3 is 0 Å². The highest BCUT2D eigenvalue weighted by Gasteiger charge is 2.04. The first-order chi connectivity index (χ1) is 8.69. The number of rotatable bonds is 4. The zero-order chi connectivity index (χ0) is 13.0. The lowest BCUT2D eigenvalue weighted by Gasteiger charge is -2.10. The Balaban J connectivity index is 2.08. The highest BCUT2D eigenvalue weighted by molar-refractivity contribution is 14.1. The summed E-state index contributed by atoms with van der Waals surface area (Å²) >= 11 is 11.6. The lowest BCUT2D eigenvalue weighted by atomic mass is 10.2. The highest BCUT2D eigenvalue weighted by Crippen LogP contribution is 2.25. The summed E-state index contributed by atoms with van der Waals surface area (Å²) in [6.45, 7) is 0.558. The van der Waals surface area contributed by atoms with Crippen molar-refractivity contribution in [3.8, 4) is 5.75 Å². The molecule has 2 aromatic carbocycles. The van der Waals surface area contributed by atoms with Crippen LogP contribution in [0.2, 0.25) is 0 Å². The lowest BCUT2D eigenvalue weighted by molar-refractivity contribution is 0.304. The van der Waals surface area contributed by atoms with E-state index in [1.54, 1.807) is 0 Å². The summed E-state index contributed by atoms with van der Waals surface area (Å²) in [4.78, 5) is 0. The standard InChI is InChI=1S/C14H11BrClIO/c15-12-3-6-14(11(7-12)8-16)18-9-10-1-4-13(17)5-2-10/h1-7H,8-9H2. The monoisotopic (exact) mass is 436 g/mol. The molecule has 4 heteroatoms. The fraction of sp³-hybridized carbons (Fsp3) is 0.143. The average Bonchev–Trinajstić information content (AvgIpc) is 2.39. The van der Waals surface area contributed by atoms with Gasteiger partial charge < -0.3 is 4.74 Å². The Hall–Kier alpha value is -0.260. The number of benzene rings is 2. The average molecular weight is 438 g/mol. The van der Waals surface area contributed by atoms with E-state index in [0.29, 0.717) is 12.5 Å². The van der Waals surface area contributed by atoms with Crippen LogP contribution in [0.15, 0.2) is 46.9 Å². The number of alkyl halides is 1. The molecular weight excluding hydrogens is 426 g/mol.